The van der Waals surface area contributed by atoms with Crippen LogP contribution < -0.4 is 4.73 Å². The lowest BCUT2D eigenvalue weighted by atomic mass is 10.3. The van der Waals surface area contributed by atoms with E-state index in [4.69, 9.17) is 4.42 Å². The van der Waals surface area contributed by atoms with Gasteiger partial charge < -0.3 is 9.62 Å². The first-order chi connectivity index (χ1) is 7.29. The number of aromatic nitrogens is 2. The van der Waals surface area contributed by atoms with Gasteiger partial charge in [0.05, 0.1) is 6.26 Å². The lowest BCUT2D eigenvalue weighted by molar-refractivity contribution is -0.604. The van der Waals surface area contributed by atoms with Gasteiger partial charge in [-0.05, 0) is 12.1 Å². The van der Waals surface area contributed by atoms with Crippen LogP contribution in [0.15, 0.2) is 46.5 Å². The molecule has 0 amide bonds. The molecule has 0 fully saturated rings. The van der Waals surface area contributed by atoms with Crippen LogP contribution >= 0.6 is 0 Å². The van der Waals surface area contributed by atoms with Gasteiger partial charge in [-0.1, -0.05) is 0 Å². The van der Waals surface area contributed by atoms with Crippen LogP contribution in [0.1, 0.15) is 5.76 Å². The number of furan rings is 1. The summed E-state index contributed by atoms with van der Waals surface area (Å²) in [5.74, 6) is 0.726. The molecule has 15 heavy (non-hydrogen) atoms. The SMILES string of the molecule is CN=C(Cn1cc[n+]([O-])c1)c1ccco1. The first-order valence-electron chi connectivity index (χ1n) is 4.53. The van der Waals surface area contributed by atoms with Crippen LogP contribution in [0.3, 0.4) is 0 Å². The molecule has 2 aromatic heterocycles. The maximum atomic E-state index is 10.9. The number of nitrogens with zero attached hydrogens (tertiary/aromatic N) is 3. The van der Waals surface area contributed by atoms with Crippen molar-refractivity contribution in [2.45, 2.75) is 6.54 Å². The van der Waals surface area contributed by atoms with Gasteiger partial charge in [-0.3, -0.25) is 4.99 Å². The van der Waals surface area contributed by atoms with Crippen molar-refractivity contribution in [3.05, 3.63) is 48.1 Å². The summed E-state index contributed by atoms with van der Waals surface area (Å²) in [6, 6.07) is 3.65. The molecular weight excluding hydrogens is 194 g/mol. The van der Waals surface area contributed by atoms with Crippen LogP contribution in [-0.4, -0.2) is 17.3 Å². The molecule has 0 aliphatic rings. The highest BCUT2D eigenvalue weighted by Gasteiger charge is 2.09. The standard InChI is InChI=1S/C10H11N3O2/c1-11-9(10-3-2-6-15-10)7-12-4-5-13(14)8-12/h2-6,8H,7H2,1H3. The van der Waals surface area contributed by atoms with E-state index in [0.717, 1.165) is 16.2 Å². The van der Waals surface area contributed by atoms with Gasteiger partial charge in [-0.25, -0.2) is 9.30 Å². The first kappa shape index (κ1) is 9.51. The fraction of sp³-hybridized carbons (Fsp3) is 0.200. The molecule has 78 valence electrons. The average molecular weight is 205 g/mol. The fourth-order valence-corrected chi connectivity index (χ4v) is 1.34. The highest BCUT2D eigenvalue weighted by Crippen LogP contribution is 2.04. The third-order valence-corrected chi connectivity index (χ3v) is 2.08. The van der Waals surface area contributed by atoms with E-state index in [9.17, 15) is 5.21 Å². The van der Waals surface area contributed by atoms with E-state index in [1.165, 1.54) is 12.5 Å². The average Bonchev–Trinajstić information content (AvgIpc) is 2.85. The van der Waals surface area contributed by atoms with Gasteiger partial charge in [0.25, 0.3) is 0 Å². The largest absolute Gasteiger partial charge is 0.711 e. The molecule has 2 rings (SSSR count). The quantitative estimate of drug-likeness (QED) is 0.423. The molecular formula is C10H11N3O2. The zero-order chi connectivity index (χ0) is 10.7. The Morgan fingerprint density at radius 3 is 3.07 bits per heavy atom. The second-order valence-corrected chi connectivity index (χ2v) is 3.09. The van der Waals surface area contributed by atoms with E-state index in [1.54, 1.807) is 24.1 Å². The van der Waals surface area contributed by atoms with Gasteiger partial charge in [0.2, 0.25) is 6.33 Å². The van der Waals surface area contributed by atoms with E-state index in [2.05, 4.69) is 4.99 Å². The zero-order valence-corrected chi connectivity index (χ0v) is 8.33. The predicted molar refractivity (Wildman–Crippen MR) is 54.6 cm³/mol. The second-order valence-electron chi connectivity index (χ2n) is 3.09. The molecule has 5 heteroatoms. The number of aliphatic imine (C=N–C) groups is 1. The summed E-state index contributed by atoms with van der Waals surface area (Å²) in [6.07, 6.45) is 6.19. The molecule has 0 radical (unpaired) electrons. The third kappa shape index (κ3) is 2.07. The Hall–Kier alpha value is -2.04. The summed E-state index contributed by atoms with van der Waals surface area (Å²) < 4.78 is 7.73. The Bertz CT molecular complexity index is 457. The predicted octanol–water partition coefficient (Wildman–Crippen LogP) is 0.834. The molecule has 0 N–H and O–H groups in total. The third-order valence-electron chi connectivity index (χ3n) is 2.08. The number of rotatable bonds is 3. The molecule has 5 nitrogen and oxygen atoms in total. The maximum absolute atomic E-state index is 10.9. The minimum Gasteiger partial charge on any atom is -0.711 e. The van der Waals surface area contributed by atoms with Crippen molar-refractivity contribution in [2.24, 2.45) is 4.99 Å². The molecule has 2 aromatic rings. The minimum atomic E-state index is 0.527. The lowest BCUT2D eigenvalue weighted by Crippen LogP contribution is -2.22. The molecule has 0 saturated carbocycles. The van der Waals surface area contributed by atoms with Crippen LogP contribution in [0, 0.1) is 5.21 Å². The first-order valence-corrected chi connectivity index (χ1v) is 4.53. The van der Waals surface area contributed by atoms with E-state index >= 15 is 0 Å². The van der Waals surface area contributed by atoms with Crippen LogP contribution in [0.25, 0.3) is 0 Å². The Labute approximate surface area is 86.9 Å². The topological polar surface area (TPSA) is 57.4 Å². The Balaban J connectivity index is 2.17. The van der Waals surface area contributed by atoms with Crippen molar-refractivity contribution in [1.29, 1.82) is 0 Å². The summed E-state index contributed by atoms with van der Waals surface area (Å²) in [4.78, 5) is 4.13. The lowest BCUT2D eigenvalue weighted by Gasteiger charge is -1.99. The van der Waals surface area contributed by atoms with E-state index in [1.807, 2.05) is 12.1 Å². The summed E-state index contributed by atoms with van der Waals surface area (Å²) >= 11 is 0. The number of hydrogen-bond acceptors (Lipinski definition) is 3. The van der Waals surface area contributed by atoms with E-state index in [-0.39, 0.29) is 0 Å². The molecule has 0 saturated heterocycles. The van der Waals surface area contributed by atoms with Crippen molar-refractivity contribution in [2.75, 3.05) is 7.05 Å². The van der Waals surface area contributed by atoms with Gasteiger partial charge in [-0.15, -0.1) is 0 Å². The second kappa shape index (κ2) is 4.00. The van der Waals surface area contributed by atoms with Crippen molar-refractivity contribution in [1.82, 2.24) is 4.57 Å². The number of hydrogen-bond donors (Lipinski definition) is 0. The van der Waals surface area contributed by atoms with Crippen LogP contribution in [-0.2, 0) is 6.54 Å². The van der Waals surface area contributed by atoms with Crippen LogP contribution in [0.5, 0.6) is 0 Å². The van der Waals surface area contributed by atoms with Crippen LogP contribution in [0.2, 0.25) is 0 Å². The summed E-state index contributed by atoms with van der Waals surface area (Å²) in [6.45, 7) is 0.527. The van der Waals surface area contributed by atoms with E-state index < -0.39 is 0 Å². The Kier molecular flexibility index (Phi) is 2.53. The normalized spacial score (nSPS) is 11.9. The van der Waals surface area contributed by atoms with Crippen molar-refractivity contribution in [3.63, 3.8) is 0 Å². The molecule has 0 aliphatic carbocycles. The van der Waals surface area contributed by atoms with Gasteiger partial charge in [0, 0.05) is 7.05 Å². The number of imidazole rings is 1. The summed E-state index contributed by atoms with van der Waals surface area (Å²) in [5.41, 5.74) is 0.802. The maximum Gasteiger partial charge on any atom is 0.247 e. The highest BCUT2D eigenvalue weighted by atomic mass is 16.5. The van der Waals surface area contributed by atoms with Crippen molar-refractivity contribution < 1.29 is 9.15 Å². The van der Waals surface area contributed by atoms with Crippen molar-refractivity contribution in [3.8, 4) is 0 Å². The van der Waals surface area contributed by atoms with E-state index in [0.29, 0.717) is 6.54 Å². The summed E-state index contributed by atoms with van der Waals surface area (Å²) in [7, 11) is 1.70. The fourth-order valence-electron chi connectivity index (χ4n) is 1.34. The minimum absolute atomic E-state index is 0.527. The highest BCUT2D eigenvalue weighted by molar-refractivity contribution is 5.97. The molecule has 2 heterocycles. The molecule has 0 aliphatic heterocycles. The zero-order valence-electron chi connectivity index (χ0n) is 8.33. The monoisotopic (exact) mass is 205 g/mol. The smallest absolute Gasteiger partial charge is 0.247 e. The van der Waals surface area contributed by atoms with Crippen molar-refractivity contribution >= 4 is 5.71 Å². The molecule has 0 atom stereocenters. The Morgan fingerprint density at radius 1 is 1.67 bits per heavy atom. The van der Waals surface area contributed by atoms with Gasteiger partial charge >= 0.3 is 0 Å². The van der Waals surface area contributed by atoms with Gasteiger partial charge in [0.1, 0.15) is 24.7 Å². The van der Waals surface area contributed by atoms with Gasteiger partial charge in [-0.2, -0.15) is 0 Å². The molecule has 0 bridgehead atoms. The Morgan fingerprint density at radius 2 is 2.53 bits per heavy atom. The molecule has 0 spiro atoms. The summed E-state index contributed by atoms with van der Waals surface area (Å²) in [5, 5.41) is 10.9. The van der Waals surface area contributed by atoms with Gasteiger partial charge in [0.15, 0.2) is 5.76 Å². The molecule has 0 unspecified atom stereocenters. The van der Waals surface area contributed by atoms with Crippen LogP contribution in [0.4, 0.5) is 0 Å². The molecule has 0 aromatic carbocycles.